The van der Waals surface area contributed by atoms with Crippen LogP contribution >= 0.6 is 34.8 Å². The molecule has 3 saturated carbocycles. The molecular formula is C63H66Cl3N13O6. The topological polar surface area (TPSA) is 218 Å². The first-order chi connectivity index (χ1) is 41.4. The summed E-state index contributed by atoms with van der Waals surface area (Å²) in [4.78, 5) is 68.7. The number of amides is 3. The average molecular weight is 1210 g/mol. The van der Waals surface area contributed by atoms with Gasteiger partial charge in [0.05, 0.1) is 36.2 Å². The highest BCUT2D eigenvalue weighted by Gasteiger charge is 2.35. The molecule has 0 bridgehead atoms. The lowest BCUT2D eigenvalue weighted by Crippen LogP contribution is -2.34. The lowest BCUT2D eigenvalue weighted by molar-refractivity contribution is 0.0975. The van der Waals surface area contributed by atoms with Crippen molar-refractivity contribution in [2.24, 2.45) is 0 Å². The fourth-order valence-corrected chi connectivity index (χ4v) is 12.5. The van der Waals surface area contributed by atoms with E-state index in [2.05, 4.69) is 131 Å². The summed E-state index contributed by atoms with van der Waals surface area (Å²) in [7, 11) is 0. The molecule has 2 aliphatic heterocycles. The molecule has 8 heterocycles. The lowest BCUT2D eigenvalue weighted by Gasteiger charge is -2.24. The molecule has 85 heavy (non-hydrogen) atoms. The van der Waals surface area contributed by atoms with E-state index < -0.39 is 5.91 Å². The van der Waals surface area contributed by atoms with Crippen LogP contribution in [0.15, 0.2) is 92.2 Å². The van der Waals surface area contributed by atoms with Gasteiger partial charge in [0.2, 0.25) is 11.8 Å². The predicted octanol–water partition coefficient (Wildman–Crippen LogP) is 12.4. The molecule has 0 unspecified atom stereocenters. The summed E-state index contributed by atoms with van der Waals surface area (Å²) in [6.45, 7) is 11.0. The third kappa shape index (κ3) is 11.6. The number of ether oxygens (including phenoxy) is 2. The van der Waals surface area contributed by atoms with Crippen LogP contribution in [-0.4, -0.2) is 106 Å². The second-order valence-corrected chi connectivity index (χ2v) is 23.2. The lowest BCUT2D eigenvalue weighted by atomic mass is 10.0. The summed E-state index contributed by atoms with van der Waals surface area (Å²) < 4.78 is 18.3. The predicted molar refractivity (Wildman–Crippen MR) is 331 cm³/mol. The van der Waals surface area contributed by atoms with Crippen molar-refractivity contribution in [2.75, 3.05) is 59.9 Å². The smallest absolute Gasteiger partial charge is 0.267 e. The van der Waals surface area contributed by atoms with Crippen molar-refractivity contribution in [1.29, 1.82) is 0 Å². The fraction of sp³-hybridized carbons (Fsp3) is 0.381. The number of nitrogen functional groups attached to an aromatic ring is 1. The van der Waals surface area contributed by atoms with Gasteiger partial charge < -0.3 is 48.7 Å². The van der Waals surface area contributed by atoms with Crippen LogP contribution in [-0.2, 0) is 19.6 Å². The first-order valence-corrected chi connectivity index (χ1v) is 30.5. The van der Waals surface area contributed by atoms with E-state index in [1.165, 1.54) is 93.6 Å². The first kappa shape index (κ1) is 57.6. The molecule has 9 aromatic rings. The molecule has 3 fully saturated rings. The summed E-state index contributed by atoms with van der Waals surface area (Å²) in [5.41, 5.74) is 16.7. The average Bonchev–Trinajstić information content (AvgIpc) is 3.03. The van der Waals surface area contributed by atoms with Gasteiger partial charge in [0, 0.05) is 78.0 Å². The number of halogens is 3. The highest BCUT2D eigenvalue weighted by atomic mass is 35.5. The van der Waals surface area contributed by atoms with Crippen molar-refractivity contribution in [3.63, 3.8) is 0 Å². The number of aryl methyl sites for hydroxylation is 3. The molecule has 0 saturated heterocycles. The zero-order chi connectivity index (χ0) is 59.0. The molecule has 19 nitrogen and oxygen atoms in total. The zero-order valence-corrected chi connectivity index (χ0v) is 50.0. The van der Waals surface area contributed by atoms with E-state index in [0.29, 0.717) is 49.7 Å². The minimum absolute atomic E-state index is 0.00414. The Hall–Kier alpha value is -7.84. The normalized spacial score (nSPS) is 15.8. The summed E-state index contributed by atoms with van der Waals surface area (Å²) in [6.07, 6.45) is 20.6. The van der Waals surface area contributed by atoms with Crippen LogP contribution in [0.4, 0.5) is 22.9 Å². The number of fused-ring (bicyclic) bond motifs is 5. The maximum atomic E-state index is 13.3. The standard InChI is InChI=1S/C21H22Cl2N4O2.C21H21ClN4O2.C21H23N5O2/c1-2-6-26-7-5-14-10-15(11-16(18(14)26)13-3-4-13)27(8-9-28)21(29)17-19(22)24-12-25-20(17)23;2*1-2-6-25-7-5-14-10-15(11-16(18(14)25)13-3-4-13)26-8-9-28-20-17(21(26)27)19(22)23-12-24-20/h5,7,10-13,28H,2-4,6,8-9H2,1H3;5,7,10-13H,2-4,6,8-9H2,1H3;5,7,10-13H,2-4,6,8-9H2,1H3,(H2,22,23,24). The molecule has 14 rings (SSSR count). The van der Waals surface area contributed by atoms with Gasteiger partial charge in [-0.3, -0.25) is 14.4 Å². The molecular weight excluding hydrogens is 1140 g/mol. The summed E-state index contributed by atoms with van der Waals surface area (Å²) in [5.74, 6) is 1.47. The van der Waals surface area contributed by atoms with Crippen molar-refractivity contribution < 1.29 is 29.0 Å². The Kier molecular flexibility index (Phi) is 16.7. The maximum absolute atomic E-state index is 13.3. The number of nitrogens with zero attached hydrogens (tertiary/aromatic N) is 12. The van der Waals surface area contributed by atoms with Crippen molar-refractivity contribution in [3.05, 3.63) is 141 Å². The van der Waals surface area contributed by atoms with Crippen LogP contribution < -0.4 is 29.9 Å². The highest BCUT2D eigenvalue weighted by Crippen LogP contribution is 2.48. The molecule has 22 heteroatoms. The number of hydrogen-bond acceptors (Lipinski definition) is 13. The number of benzene rings is 3. The molecule has 3 aromatic carbocycles. The SMILES string of the molecule is CCCn1ccc2cc(N(CCO)C(=O)c3c(Cl)ncnc3Cl)cc(C3CC3)c21.CCCn1ccc2cc(N3CCOc4ncnc(Cl)c4C3=O)cc(C3CC3)c21.CCCn1ccc2cc(N3CCOc4ncnc(N)c4C3=O)cc(C3CC3)c21. The highest BCUT2D eigenvalue weighted by molar-refractivity contribution is 6.39. The first-order valence-electron chi connectivity index (χ1n) is 29.4. The van der Waals surface area contributed by atoms with E-state index >= 15 is 0 Å². The van der Waals surface area contributed by atoms with Gasteiger partial charge in [-0.25, -0.2) is 29.9 Å². The number of hydrogen-bond donors (Lipinski definition) is 2. The van der Waals surface area contributed by atoms with E-state index in [1.54, 1.807) is 9.80 Å². The van der Waals surface area contributed by atoms with Gasteiger partial charge in [-0.2, -0.15) is 0 Å². The van der Waals surface area contributed by atoms with Gasteiger partial charge in [-0.05, 0) is 147 Å². The third-order valence-electron chi connectivity index (χ3n) is 16.2. The Morgan fingerprint density at radius 3 is 1.48 bits per heavy atom. The molecule has 3 N–H and O–H groups in total. The Morgan fingerprint density at radius 1 is 0.588 bits per heavy atom. The van der Waals surface area contributed by atoms with E-state index in [4.69, 9.17) is 50.0 Å². The maximum Gasteiger partial charge on any atom is 0.267 e. The Bertz CT molecular complexity index is 3830. The molecule has 3 aliphatic carbocycles. The molecule has 6 aromatic heterocycles. The molecule has 0 spiro atoms. The molecule has 0 atom stereocenters. The van der Waals surface area contributed by atoms with Crippen molar-refractivity contribution in [2.45, 2.75) is 116 Å². The minimum atomic E-state index is -0.427. The summed E-state index contributed by atoms with van der Waals surface area (Å²) in [5, 5.41) is 13.1. The van der Waals surface area contributed by atoms with Crippen LogP contribution in [0.1, 0.15) is 144 Å². The molecule has 440 valence electrons. The van der Waals surface area contributed by atoms with Crippen LogP contribution in [0.25, 0.3) is 32.7 Å². The number of anilines is 4. The van der Waals surface area contributed by atoms with Crippen LogP contribution in [0.5, 0.6) is 11.8 Å². The number of aliphatic hydroxyl groups excluding tert-OH is 1. The van der Waals surface area contributed by atoms with Crippen LogP contribution in [0.3, 0.4) is 0 Å². The largest absolute Gasteiger partial charge is 0.475 e. The Labute approximate surface area is 506 Å². The monoisotopic (exact) mass is 1210 g/mol. The van der Waals surface area contributed by atoms with Gasteiger partial charge in [0.25, 0.3) is 17.7 Å². The van der Waals surface area contributed by atoms with Crippen LogP contribution in [0, 0.1) is 0 Å². The number of carbonyl (C=O) groups excluding carboxylic acids is 3. The molecule has 3 amide bonds. The third-order valence-corrected chi connectivity index (χ3v) is 17.0. The Morgan fingerprint density at radius 2 is 1.01 bits per heavy atom. The van der Waals surface area contributed by atoms with E-state index in [-0.39, 0.29) is 74.7 Å². The van der Waals surface area contributed by atoms with Crippen molar-refractivity contribution in [3.8, 4) is 11.8 Å². The van der Waals surface area contributed by atoms with Gasteiger partial charge >= 0.3 is 0 Å². The van der Waals surface area contributed by atoms with Gasteiger partial charge in [-0.15, -0.1) is 0 Å². The van der Waals surface area contributed by atoms with E-state index in [0.717, 1.165) is 68.5 Å². The number of aliphatic hydroxyl groups is 1. The number of rotatable bonds is 15. The van der Waals surface area contributed by atoms with Crippen molar-refractivity contribution in [1.82, 2.24) is 43.6 Å². The Balaban J connectivity index is 0.000000125. The van der Waals surface area contributed by atoms with Crippen molar-refractivity contribution >= 4 is 108 Å². The second kappa shape index (κ2) is 24.6. The van der Waals surface area contributed by atoms with Gasteiger partial charge in [0.15, 0.2) is 0 Å². The number of nitrogens with two attached hydrogens (primary N) is 1. The summed E-state index contributed by atoms with van der Waals surface area (Å²) in [6, 6.07) is 18.9. The number of aromatic nitrogens is 9. The van der Waals surface area contributed by atoms with Crippen LogP contribution in [0.2, 0.25) is 15.5 Å². The van der Waals surface area contributed by atoms with E-state index in [9.17, 15) is 19.5 Å². The van der Waals surface area contributed by atoms with Gasteiger partial charge in [0.1, 0.15) is 70.2 Å². The van der Waals surface area contributed by atoms with Gasteiger partial charge in [-0.1, -0.05) is 55.6 Å². The quantitative estimate of drug-likeness (QED) is 0.0914. The molecule has 0 radical (unpaired) electrons. The number of carbonyl (C=O) groups is 3. The summed E-state index contributed by atoms with van der Waals surface area (Å²) >= 11 is 18.5. The molecule has 5 aliphatic rings. The second-order valence-electron chi connectivity index (χ2n) is 22.2. The van der Waals surface area contributed by atoms with E-state index in [1.807, 2.05) is 6.07 Å². The minimum Gasteiger partial charge on any atom is -0.475 e. The zero-order valence-electron chi connectivity index (χ0n) is 47.7. The fourth-order valence-electron chi connectivity index (χ4n) is 11.8.